The van der Waals surface area contributed by atoms with Crippen LogP contribution in [0.15, 0.2) is 54.0 Å². The molecule has 0 spiro atoms. The van der Waals surface area contributed by atoms with Gasteiger partial charge in [-0.3, -0.25) is 4.79 Å². The Kier molecular flexibility index (Phi) is 5.11. The zero-order valence-corrected chi connectivity index (χ0v) is 16.2. The Labute approximate surface area is 160 Å². The van der Waals surface area contributed by atoms with E-state index in [9.17, 15) is 13.6 Å². The molecule has 0 saturated heterocycles. The van der Waals surface area contributed by atoms with Gasteiger partial charge in [0.2, 0.25) is 0 Å². The molecule has 2 aromatic carbocycles. The summed E-state index contributed by atoms with van der Waals surface area (Å²) < 4.78 is 29.7. The molecule has 0 bridgehead atoms. The average Bonchev–Trinajstić information content (AvgIpc) is 2.92. The third-order valence-corrected chi connectivity index (χ3v) is 5.23. The molecule has 140 valence electrons. The lowest BCUT2D eigenvalue weighted by Gasteiger charge is -2.18. The van der Waals surface area contributed by atoms with Gasteiger partial charge >= 0.3 is 0 Å². The summed E-state index contributed by atoms with van der Waals surface area (Å²) in [6.45, 7) is 10.2. The second-order valence-corrected chi connectivity index (χ2v) is 8.27. The molecular weight excluding hydrogens is 366 g/mol. The Bertz CT molecular complexity index is 1090. The highest BCUT2D eigenvalue weighted by Crippen LogP contribution is 2.24. The topological polar surface area (TPSA) is 34.4 Å². The molecule has 0 aliphatic heterocycles. The van der Waals surface area contributed by atoms with Gasteiger partial charge in [0.05, 0.1) is 10.2 Å². The number of hydrogen-bond acceptors (Lipinski definition) is 2. The Morgan fingerprint density at radius 1 is 1.22 bits per heavy atom. The Balaban J connectivity index is 2.09. The predicted molar refractivity (Wildman–Crippen MR) is 105 cm³/mol. The lowest BCUT2D eigenvalue weighted by molar-refractivity contribution is 0.0998. The fourth-order valence-corrected chi connectivity index (χ4v) is 3.85. The van der Waals surface area contributed by atoms with Crippen LogP contribution in [0.2, 0.25) is 0 Å². The smallest absolute Gasteiger partial charge is 0.279 e. The second-order valence-electron chi connectivity index (χ2n) is 7.26. The van der Waals surface area contributed by atoms with E-state index < -0.39 is 17.5 Å². The number of carbonyl (C=O) groups is 1. The van der Waals surface area contributed by atoms with Gasteiger partial charge in [0, 0.05) is 18.2 Å². The fourth-order valence-electron chi connectivity index (χ4n) is 2.78. The summed E-state index contributed by atoms with van der Waals surface area (Å²) in [4.78, 5) is 17.1. The van der Waals surface area contributed by atoms with Gasteiger partial charge in [0.1, 0.15) is 5.82 Å². The summed E-state index contributed by atoms with van der Waals surface area (Å²) >= 11 is 1.07. The van der Waals surface area contributed by atoms with Crippen molar-refractivity contribution in [1.29, 1.82) is 0 Å². The standard InChI is InChI=1S/C21H20F2N2OS/c1-5-10-25-18-16(23)11-15(22)12-17(18)27-20(25)24-19(26)13-6-8-14(9-7-13)21(2,3)4/h5-9,11-12H,1,10H2,2-4H3. The highest BCUT2D eigenvalue weighted by atomic mass is 32.1. The van der Waals surface area contributed by atoms with Crippen molar-refractivity contribution in [3.8, 4) is 0 Å². The van der Waals surface area contributed by atoms with Crippen molar-refractivity contribution in [3.63, 3.8) is 0 Å². The van der Waals surface area contributed by atoms with E-state index in [2.05, 4.69) is 32.3 Å². The lowest BCUT2D eigenvalue weighted by atomic mass is 9.87. The third kappa shape index (κ3) is 3.90. The number of nitrogens with zero attached hydrogens (tertiary/aromatic N) is 2. The fraction of sp³-hybridized carbons (Fsp3) is 0.238. The SMILES string of the molecule is C=CCn1c(=NC(=O)c2ccc(C(C)(C)C)cc2)sc2cc(F)cc(F)c21. The van der Waals surface area contributed by atoms with Gasteiger partial charge in [0.15, 0.2) is 10.6 Å². The van der Waals surface area contributed by atoms with Gasteiger partial charge < -0.3 is 4.57 Å². The van der Waals surface area contributed by atoms with Crippen LogP contribution in [0, 0.1) is 11.6 Å². The van der Waals surface area contributed by atoms with Gasteiger partial charge in [-0.1, -0.05) is 50.3 Å². The zero-order valence-electron chi connectivity index (χ0n) is 15.4. The monoisotopic (exact) mass is 386 g/mol. The van der Waals surface area contributed by atoms with Gasteiger partial charge in [-0.2, -0.15) is 4.99 Å². The molecule has 3 aromatic rings. The van der Waals surface area contributed by atoms with Crippen molar-refractivity contribution in [1.82, 2.24) is 4.57 Å². The van der Waals surface area contributed by atoms with Crippen molar-refractivity contribution in [2.75, 3.05) is 0 Å². The number of amides is 1. The van der Waals surface area contributed by atoms with Crippen LogP contribution in [0.5, 0.6) is 0 Å². The van der Waals surface area contributed by atoms with E-state index in [0.29, 0.717) is 15.1 Å². The molecular formula is C21H20F2N2OS. The summed E-state index contributed by atoms with van der Waals surface area (Å²) in [6, 6.07) is 9.34. The Morgan fingerprint density at radius 2 is 1.89 bits per heavy atom. The van der Waals surface area contributed by atoms with Crippen molar-refractivity contribution in [2.24, 2.45) is 4.99 Å². The minimum Gasteiger partial charge on any atom is -0.310 e. The van der Waals surface area contributed by atoms with Gasteiger partial charge in [-0.15, -0.1) is 6.58 Å². The van der Waals surface area contributed by atoms with Crippen LogP contribution in [0.1, 0.15) is 36.7 Å². The van der Waals surface area contributed by atoms with E-state index in [4.69, 9.17) is 0 Å². The summed E-state index contributed by atoms with van der Waals surface area (Å²) in [7, 11) is 0. The van der Waals surface area contributed by atoms with Crippen LogP contribution in [0.3, 0.4) is 0 Å². The van der Waals surface area contributed by atoms with E-state index in [1.54, 1.807) is 18.2 Å². The molecule has 6 heteroatoms. The molecule has 0 aliphatic rings. The van der Waals surface area contributed by atoms with Crippen molar-refractivity contribution in [2.45, 2.75) is 32.7 Å². The quantitative estimate of drug-likeness (QED) is 0.569. The number of thiazole rings is 1. The molecule has 1 amide bonds. The minimum absolute atomic E-state index is 0.0151. The number of benzene rings is 2. The first-order chi connectivity index (χ1) is 12.7. The highest BCUT2D eigenvalue weighted by molar-refractivity contribution is 7.16. The van der Waals surface area contributed by atoms with Crippen molar-refractivity contribution < 1.29 is 13.6 Å². The zero-order chi connectivity index (χ0) is 19.8. The van der Waals surface area contributed by atoms with Crippen LogP contribution >= 0.6 is 11.3 Å². The predicted octanol–water partition coefficient (Wildman–Crippen LogP) is 5.21. The molecule has 0 aliphatic carbocycles. The molecule has 0 atom stereocenters. The molecule has 0 N–H and O–H groups in total. The number of hydrogen-bond donors (Lipinski definition) is 0. The minimum atomic E-state index is -0.688. The second kappa shape index (κ2) is 7.19. The molecule has 3 nitrogen and oxygen atoms in total. The van der Waals surface area contributed by atoms with Crippen LogP contribution in [-0.4, -0.2) is 10.5 Å². The van der Waals surface area contributed by atoms with Crippen LogP contribution < -0.4 is 4.80 Å². The maximum Gasteiger partial charge on any atom is 0.279 e. The van der Waals surface area contributed by atoms with E-state index in [1.165, 1.54) is 10.6 Å². The van der Waals surface area contributed by atoms with Gasteiger partial charge in [-0.05, 0) is 29.2 Å². The number of rotatable bonds is 3. The first kappa shape index (κ1) is 19.2. The van der Waals surface area contributed by atoms with Crippen molar-refractivity contribution >= 4 is 27.5 Å². The molecule has 3 rings (SSSR count). The normalized spacial score (nSPS) is 12.6. The number of halogens is 2. The van der Waals surface area contributed by atoms with E-state index in [1.807, 2.05) is 12.1 Å². The number of carbonyl (C=O) groups excluding carboxylic acids is 1. The first-order valence-corrected chi connectivity index (χ1v) is 9.31. The Hall–Kier alpha value is -2.60. The summed E-state index contributed by atoms with van der Waals surface area (Å²) in [5.41, 5.74) is 1.76. The lowest BCUT2D eigenvalue weighted by Crippen LogP contribution is -2.17. The van der Waals surface area contributed by atoms with Crippen molar-refractivity contribution in [3.05, 3.63) is 76.6 Å². The Morgan fingerprint density at radius 3 is 2.48 bits per heavy atom. The molecule has 0 unspecified atom stereocenters. The average molecular weight is 386 g/mol. The molecule has 27 heavy (non-hydrogen) atoms. The van der Waals surface area contributed by atoms with E-state index in [0.717, 1.165) is 23.0 Å². The maximum absolute atomic E-state index is 14.2. The third-order valence-electron chi connectivity index (χ3n) is 4.20. The largest absolute Gasteiger partial charge is 0.310 e. The summed E-state index contributed by atoms with van der Waals surface area (Å²) in [6.07, 6.45) is 1.58. The van der Waals surface area contributed by atoms with Crippen LogP contribution in [0.4, 0.5) is 8.78 Å². The van der Waals surface area contributed by atoms with E-state index >= 15 is 0 Å². The molecule has 0 fully saturated rings. The molecule has 0 radical (unpaired) electrons. The summed E-state index contributed by atoms with van der Waals surface area (Å²) in [5, 5.41) is 0. The first-order valence-electron chi connectivity index (χ1n) is 8.49. The van der Waals surface area contributed by atoms with Crippen LogP contribution in [0.25, 0.3) is 10.2 Å². The van der Waals surface area contributed by atoms with Crippen LogP contribution in [-0.2, 0) is 12.0 Å². The number of fused-ring (bicyclic) bond motifs is 1. The van der Waals surface area contributed by atoms with Gasteiger partial charge in [0.25, 0.3) is 5.91 Å². The molecule has 1 aromatic heterocycles. The molecule has 0 saturated carbocycles. The maximum atomic E-state index is 14.2. The highest BCUT2D eigenvalue weighted by Gasteiger charge is 2.16. The summed E-state index contributed by atoms with van der Waals surface area (Å²) in [5.74, 6) is -1.78. The number of allylic oxidation sites excluding steroid dienone is 1. The number of aromatic nitrogens is 1. The molecule has 1 heterocycles. The van der Waals surface area contributed by atoms with E-state index in [-0.39, 0.29) is 17.5 Å². The van der Waals surface area contributed by atoms with Gasteiger partial charge in [-0.25, -0.2) is 8.78 Å².